The van der Waals surface area contributed by atoms with Crippen LogP contribution in [0.5, 0.6) is 5.75 Å². The molecule has 34 heavy (non-hydrogen) atoms. The zero-order chi connectivity index (χ0) is 23.5. The molecule has 1 saturated heterocycles. The Balaban J connectivity index is 1.50. The second kappa shape index (κ2) is 9.33. The third kappa shape index (κ3) is 4.21. The predicted molar refractivity (Wildman–Crippen MR) is 127 cm³/mol. The Morgan fingerprint density at radius 1 is 1.15 bits per heavy atom. The summed E-state index contributed by atoms with van der Waals surface area (Å²) < 4.78 is 11.5. The highest BCUT2D eigenvalue weighted by atomic mass is 16.5. The van der Waals surface area contributed by atoms with Crippen LogP contribution in [-0.4, -0.2) is 47.2 Å². The van der Waals surface area contributed by atoms with Crippen molar-refractivity contribution in [1.82, 2.24) is 20.3 Å². The van der Waals surface area contributed by atoms with E-state index in [2.05, 4.69) is 26.3 Å². The molecular weight excluding hydrogens is 430 g/mol. The number of hydrogen-bond donors (Lipinski definition) is 2. The van der Waals surface area contributed by atoms with Gasteiger partial charge < -0.3 is 19.8 Å². The Labute approximate surface area is 196 Å². The Kier molecular flexibility index (Phi) is 5.93. The van der Waals surface area contributed by atoms with E-state index in [-0.39, 0.29) is 12.0 Å². The number of nitriles is 1. The fraction of sp³-hybridized carbons (Fsp3) is 0.231. The van der Waals surface area contributed by atoms with Crippen molar-refractivity contribution in [2.24, 2.45) is 0 Å². The van der Waals surface area contributed by atoms with Crippen molar-refractivity contribution < 1.29 is 14.3 Å². The van der Waals surface area contributed by atoms with Crippen molar-refractivity contribution >= 4 is 16.9 Å². The van der Waals surface area contributed by atoms with Crippen molar-refractivity contribution in [2.45, 2.75) is 18.9 Å². The SMILES string of the molecule is CNC(=O)c1cccc(-c2cc3c(-c4ccc(OC5CCOCC5)c(C#N)c4)ncnc3[nH]2)c1. The second-order valence-electron chi connectivity index (χ2n) is 8.08. The number of H-pyrrole nitrogens is 1. The summed E-state index contributed by atoms with van der Waals surface area (Å²) in [5.74, 6) is 0.426. The molecule has 2 N–H and O–H groups in total. The lowest BCUT2D eigenvalue weighted by molar-refractivity contribution is 0.0254. The van der Waals surface area contributed by atoms with Crippen LogP contribution in [0.25, 0.3) is 33.5 Å². The van der Waals surface area contributed by atoms with Gasteiger partial charge in [-0.3, -0.25) is 4.79 Å². The third-order valence-electron chi connectivity index (χ3n) is 5.92. The summed E-state index contributed by atoms with van der Waals surface area (Å²) in [4.78, 5) is 24.2. The number of carbonyl (C=O) groups is 1. The summed E-state index contributed by atoms with van der Waals surface area (Å²) in [5.41, 5.74) is 4.90. The highest BCUT2D eigenvalue weighted by Crippen LogP contribution is 2.33. The van der Waals surface area contributed by atoms with Crippen LogP contribution in [0, 0.1) is 11.3 Å². The maximum Gasteiger partial charge on any atom is 0.251 e. The Morgan fingerprint density at radius 2 is 2.00 bits per heavy atom. The van der Waals surface area contributed by atoms with Gasteiger partial charge in [0, 0.05) is 42.1 Å². The van der Waals surface area contributed by atoms with Crippen molar-refractivity contribution in [3.63, 3.8) is 0 Å². The average Bonchev–Trinajstić information content (AvgIpc) is 3.34. The molecule has 5 rings (SSSR count). The molecule has 0 spiro atoms. The van der Waals surface area contributed by atoms with E-state index in [1.165, 1.54) is 6.33 Å². The molecule has 2 aromatic carbocycles. The summed E-state index contributed by atoms with van der Waals surface area (Å²) in [7, 11) is 1.61. The largest absolute Gasteiger partial charge is 0.489 e. The van der Waals surface area contributed by atoms with Crippen LogP contribution in [0.4, 0.5) is 0 Å². The van der Waals surface area contributed by atoms with E-state index in [1.807, 2.05) is 36.4 Å². The molecule has 0 aliphatic carbocycles. The zero-order valence-electron chi connectivity index (χ0n) is 18.7. The van der Waals surface area contributed by atoms with E-state index in [1.54, 1.807) is 19.2 Å². The number of amides is 1. The molecule has 0 unspecified atom stereocenters. The van der Waals surface area contributed by atoms with Gasteiger partial charge in [0.05, 0.1) is 24.5 Å². The van der Waals surface area contributed by atoms with Crippen LogP contribution in [0.1, 0.15) is 28.8 Å². The highest BCUT2D eigenvalue weighted by molar-refractivity contribution is 5.97. The number of rotatable bonds is 5. The Morgan fingerprint density at radius 3 is 2.79 bits per heavy atom. The molecule has 1 fully saturated rings. The number of hydrogen-bond acceptors (Lipinski definition) is 6. The van der Waals surface area contributed by atoms with Crippen LogP contribution in [0.15, 0.2) is 54.9 Å². The van der Waals surface area contributed by atoms with Crippen molar-refractivity contribution in [3.05, 3.63) is 66.0 Å². The van der Waals surface area contributed by atoms with Gasteiger partial charge in [-0.25, -0.2) is 9.97 Å². The van der Waals surface area contributed by atoms with Gasteiger partial charge >= 0.3 is 0 Å². The van der Waals surface area contributed by atoms with Gasteiger partial charge in [0.2, 0.25) is 0 Å². The smallest absolute Gasteiger partial charge is 0.251 e. The minimum Gasteiger partial charge on any atom is -0.489 e. The van der Waals surface area contributed by atoms with Crippen molar-refractivity contribution in [1.29, 1.82) is 5.26 Å². The van der Waals surface area contributed by atoms with Crippen LogP contribution >= 0.6 is 0 Å². The predicted octanol–water partition coefficient (Wildman–Crippen LogP) is 4.08. The van der Waals surface area contributed by atoms with Crippen LogP contribution in [0.3, 0.4) is 0 Å². The first-order chi connectivity index (χ1) is 16.7. The van der Waals surface area contributed by atoms with Gasteiger partial charge in [0.15, 0.2) is 0 Å². The molecule has 0 atom stereocenters. The standard InChI is InChI=1S/C26H23N5O3/c1-28-26(32)18-4-2-3-16(11-18)22-13-21-24(29-15-30-25(21)31-22)17-5-6-23(19(12-17)14-27)34-20-7-9-33-10-8-20/h2-6,11-13,15,20H,7-10H2,1H3,(H,28,32)(H,29,30,31). The number of fused-ring (bicyclic) bond motifs is 1. The van der Waals surface area contributed by atoms with Crippen molar-refractivity contribution in [3.8, 4) is 34.3 Å². The summed E-state index contributed by atoms with van der Waals surface area (Å²) in [6, 6.07) is 17.1. The minimum absolute atomic E-state index is 0.0512. The van der Waals surface area contributed by atoms with E-state index < -0.39 is 0 Å². The molecule has 8 heteroatoms. The normalized spacial score (nSPS) is 14.0. The molecule has 1 aliphatic heterocycles. The summed E-state index contributed by atoms with van der Waals surface area (Å²) >= 11 is 0. The first-order valence-electron chi connectivity index (χ1n) is 11.1. The number of nitrogens with zero attached hydrogens (tertiary/aromatic N) is 3. The lowest BCUT2D eigenvalue weighted by Crippen LogP contribution is -2.26. The van der Waals surface area contributed by atoms with Gasteiger partial charge in [-0.05, 0) is 42.0 Å². The molecule has 3 heterocycles. The number of nitrogens with one attached hydrogen (secondary N) is 2. The lowest BCUT2D eigenvalue weighted by atomic mass is 10.0. The summed E-state index contributed by atoms with van der Waals surface area (Å²) in [6.07, 6.45) is 3.17. The fourth-order valence-corrected chi connectivity index (χ4v) is 4.14. The molecule has 4 aromatic rings. The molecule has 1 aliphatic rings. The zero-order valence-corrected chi connectivity index (χ0v) is 18.7. The third-order valence-corrected chi connectivity index (χ3v) is 5.92. The van der Waals surface area contributed by atoms with E-state index in [9.17, 15) is 10.1 Å². The topological polar surface area (TPSA) is 113 Å². The van der Waals surface area contributed by atoms with Crippen molar-refractivity contribution in [2.75, 3.05) is 20.3 Å². The van der Waals surface area contributed by atoms with Gasteiger partial charge in [0.25, 0.3) is 5.91 Å². The van der Waals surface area contributed by atoms with Crippen LogP contribution in [0.2, 0.25) is 0 Å². The second-order valence-corrected chi connectivity index (χ2v) is 8.08. The van der Waals surface area contributed by atoms with Crippen LogP contribution < -0.4 is 10.1 Å². The number of aromatic amines is 1. The van der Waals surface area contributed by atoms with Crippen LogP contribution in [-0.2, 0) is 4.74 Å². The van der Waals surface area contributed by atoms with E-state index in [0.717, 1.165) is 35.0 Å². The number of carbonyl (C=O) groups excluding carboxylic acids is 1. The summed E-state index contributed by atoms with van der Waals surface area (Å²) in [6.45, 7) is 1.34. The molecule has 0 radical (unpaired) electrons. The molecule has 0 bridgehead atoms. The first-order valence-corrected chi connectivity index (χ1v) is 11.1. The number of benzene rings is 2. The maximum atomic E-state index is 12.0. The fourth-order valence-electron chi connectivity index (χ4n) is 4.14. The Hall–Kier alpha value is -4.22. The van der Waals surface area contributed by atoms with Gasteiger partial charge in [-0.15, -0.1) is 0 Å². The monoisotopic (exact) mass is 453 g/mol. The molecule has 2 aromatic heterocycles. The molecule has 170 valence electrons. The van der Waals surface area contributed by atoms with E-state index >= 15 is 0 Å². The number of aromatic nitrogens is 3. The number of ether oxygens (including phenoxy) is 2. The Bertz CT molecular complexity index is 1400. The minimum atomic E-state index is -0.148. The molecule has 0 saturated carbocycles. The maximum absolute atomic E-state index is 12.0. The van der Waals surface area contributed by atoms with E-state index in [4.69, 9.17) is 9.47 Å². The quantitative estimate of drug-likeness (QED) is 0.471. The van der Waals surface area contributed by atoms with Gasteiger partial charge in [-0.1, -0.05) is 12.1 Å². The molecule has 8 nitrogen and oxygen atoms in total. The first kappa shape index (κ1) is 21.6. The molecule has 1 amide bonds. The van der Waals surface area contributed by atoms with E-state index in [0.29, 0.717) is 41.4 Å². The van der Waals surface area contributed by atoms with Gasteiger partial charge in [0.1, 0.15) is 29.9 Å². The lowest BCUT2D eigenvalue weighted by Gasteiger charge is -2.23. The summed E-state index contributed by atoms with van der Waals surface area (Å²) in [5, 5.41) is 13.2. The highest BCUT2D eigenvalue weighted by Gasteiger charge is 2.18. The molecular formula is C26H23N5O3. The average molecular weight is 454 g/mol. The van der Waals surface area contributed by atoms with Gasteiger partial charge in [-0.2, -0.15) is 5.26 Å².